The molecule has 0 amide bonds. The molecule has 114 valence electrons. The van der Waals surface area contributed by atoms with E-state index in [0.717, 1.165) is 40.3 Å². The van der Waals surface area contributed by atoms with Gasteiger partial charge >= 0.3 is 6.18 Å². The number of halogens is 4. The fourth-order valence-corrected chi connectivity index (χ4v) is 3.45. The average molecular weight is 361 g/mol. The topological polar surface area (TPSA) is 13.1 Å². The maximum atomic E-state index is 12.5. The molecule has 0 saturated carbocycles. The molecule has 0 fully saturated rings. The lowest BCUT2D eigenvalue weighted by Crippen LogP contribution is -2.05. The first-order valence-corrected chi connectivity index (χ1v) is 7.48. The summed E-state index contributed by atoms with van der Waals surface area (Å²) in [5.41, 5.74) is 2.39. The second-order valence-electron chi connectivity index (χ2n) is 5.12. The third-order valence-electron chi connectivity index (χ3n) is 3.63. The Labute approximate surface area is 130 Å². The molecular formula is C16H16BrF3O. The minimum absolute atomic E-state index is 0.0201. The maximum Gasteiger partial charge on any atom is 0.416 e. The van der Waals surface area contributed by atoms with Crippen LogP contribution in [0.25, 0.3) is 0 Å². The van der Waals surface area contributed by atoms with Crippen molar-refractivity contribution in [2.45, 2.75) is 38.2 Å². The van der Waals surface area contributed by atoms with Crippen LogP contribution >= 0.6 is 15.9 Å². The van der Waals surface area contributed by atoms with Crippen LogP contribution in [0.15, 0.2) is 28.7 Å². The highest BCUT2D eigenvalue weighted by atomic mass is 79.9. The second-order valence-corrected chi connectivity index (χ2v) is 6.22. The van der Waals surface area contributed by atoms with E-state index in [1.54, 1.807) is 0 Å². The van der Waals surface area contributed by atoms with Gasteiger partial charge < -0.3 is 4.42 Å². The molecule has 0 aliphatic carbocycles. The minimum Gasteiger partial charge on any atom is -0.466 e. The quantitative estimate of drug-likeness (QED) is 0.620. The van der Waals surface area contributed by atoms with Gasteiger partial charge in [-0.15, -0.1) is 0 Å². The smallest absolute Gasteiger partial charge is 0.416 e. The van der Waals surface area contributed by atoms with Gasteiger partial charge in [0.15, 0.2) is 0 Å². The molecule has 0 spiro atoms. The first-order valence-electron chi connectivity index (χ1n) is 6.57. The Morgan fingerprint density at radius 3 is 2.05 bits per heavy atom. The molecule has 1 nitrogen and oxygen atoms in total. The fraction of sp³-hybridized carbons (Fsp3) is 0.375. The van der Waals surface area contributed by atoms with Gasteiger partial charge in [-0.2, -0.15) is 13.2 Å². The van der Waals surface area contributed by atoms with Gasteiger partial charge in [-0.3, -0.25) is 0 Å². The van der Waals surface area contributed by atoms with Crippen molar-refractivity contribution in [3.8, 4) is 0 Å². The van der Waals surface area contributed by atoms with Crippen molar-refractivity contribution >= 4 is 15.9 Å². The number of alkyl halides is 4. The summed E-state index contributed by atoms with van der Waals surface area (Å²) in [5.74, 6) is 1.72. The summed E-state index contributed by atoms with van der Waals surface area (Å²) in [6.07, 6.45) is -3.68. The van der Waals surface area contributed by atoms with Crippen molar-refractivity contribution in [3.05, 3.63) is 58.0 Å². The van der Waals surface area contributed by atoms with Crippen molar-refractivity contribution < 1.29 is 17.6 Å². The molecular weight excluding hydrogens is 345 g/mol. The van der Waals surface area contributed by atoms with E-state index in [1.807, 2.05) is 20.8 Å². The van der Waals surface area contributed by atoms with Gasteiger partial charge in [0.1, 0.15) is 11.5 Å². The maximum absolute atomic E-state index is 12.5. The summed E-state index contributed by atoms with van der Waals surface area (Å²) in [7, 11) is 0. The van der Waals surface area contributed by atoms with E-state index >= 15 is 0 Å². The van der Waals surface area contributed by atoms with Gasteiger partial charge in [0.25, 0.3) is 0 Å². The molecule has 0 saturated heterocycles. The van der Waals surface area contributed by atoms with Gasteiger partial charge in [0, 0.05) is 10.4 Å². The van der Waals surface area contributed by atoms with Crippen molar-refractivity contribution in [2.75, 3.05) is 0 Å². The molecule has 1 heterocycles. The summed E-state index contributed by atoms with van der Waals surface area (Å²) in [5, 5.41) is 0. The largest absolute Gasteiger partial charge is 0.466 e. The third-order valence-corrected chi connectivity index (χ3v) is 4.41. The van der Waals surface area contributed by atoms with Gasteiger partial charge in [-0.25, -0.2) is 0 Å². The van der Waals surface area contributed by atoms with Crippen molar-refractivity contribution in [2.24, 2.45) is 0 Å². The van der Waals surface area contributed by atoms with Crippen LogP contribution in [0, 0.1) is 20.8 Å². The summed E-state index contributed by atoms with van der Waals surface area (Å²) < 4.78 is 43.2. The van der Waals surface area contributed by atoms with Crippen LogP contribution < -0.4 is 0 Å². The number of rotatable bonds is 3. The van der Waals surface area contributed by atoms with Crippen LogP contribution in [0.1, 0.15) is 38.6 Å². The van der Waals surface area contributed by atoms with Gasteiger partial charge in [-0.05, 0) is 50.5 Å². The molecule has 1 aromatic carbocycles. The summed E-state index contributed by atoms with van der Waals surface area (Å²) in [6.45, 7) is 5.79. The zero-order valence-corrected chi connectivity index (χ0v) is 13.6. The second kappa shape index (κ2) is 5.87. The Hall–Kier alpha value is -1.23. The molecule has 2 rings (SSSR count). The lowest BCUT2D eigenvalue weighted by molar-refractivity contribution is -0.137. The first-order chi connectivity index (χ1) is 9.70. The molecule has 0 bridgehead atoms. The van der Waals surface area contributed by atoms with Gasteiger partial charge in [0.2, 0.25) is 0 Å². The third kappa shape index (κ3) is 3.51. The molecule has 0 aliphatic heterocycles. The number of aryl methyl sites for hydroxylation is 2. The van der Waals surface area contributed by atoms with E-state index in [-0.39, 0.29) is 4.83 Å². The molecule has 5 heteroatoms. The number of hydrogen-bond donors (Lipinski definition) is 0. The number of furan rings is 1. The molecule has 0 aliphatic rings. The molecule has 1 atom stereocenters. The standard InChI is InChI=1S/C16H16BrF3O/c1-9-10(2)21-11(3)15(9)14(17)8-12-4-6-13(7-5-12)16(18,19)20/h4-7,14H,8H2,1-3H3. The Balaban J connectivity index is 2.18. The Kier molecular flexibility index (Phi) is 4.51. The molecule has 1 aromatic heterocycles. The van der Waals surface area contributed by atoms with Crippen LogP contribution in [-0.4, -0.2) is 0 Å². The summed E-state index contributed by atoms with van der Waals surface area (Å²) in [4.78, 5) is 0.0201. The van der Waals surface area contributed by atoms with E-state index < -0.39 is 11.7 Å². The predicted octanol–water partition coefficient (Wildman–Crippen LogP) is 5.90. The number of hydrogen-bond acceptors (Lipinski definition) is 1. The monoisotopic (exact) mass is 360 g/mol. The SMILES string of the molecule is Cc1oc(C)c(C(Br)Cc2ccc(C(F)(F)F)cc2)c1C. The number of benzene rings is 1. The van der Waals surface area contributed by atoms with Crippen LogP contribution in [0.5, 0.6) is 0 Å². The Morgan fingerprint density at radius 2 is 1.62 bits per heavy atom. The van der Waals surface area contributed by atoms with E-state index in [1.165, 1.54) is 12.1 Å². The minimum atomic E-state index is -4.29. The van der Waals surface area contributed by atoms with Crippen molar-refractivity contribution in [1.82, 2.24) is 0 Å². The summed E-state index contributed by atoms with van der Waals surface area (Å²) in [6, 6.07) is 5.29. The Morgan fingerprint density at radius 1 is 1.05 bits per heavy atom. The lowest BCUT2D eigenvalue weighted by Gasteiger charge is -2.12. The van der Waals surface area contributed by atoms with Crippen molar-refractivity contribution in [3.63, 3.8) is 0 Å². The highest BCUT2D eigenvalue weighted by Crippen LogP contribution is 2.35. The summed E-state index contributed by atoms with van der Waals surface area (Å²) >= 11 is 3.61. The first kappa shape index (κ1) is 16.1. The fourth-order valence-electron chi connectivity index (χ4n) is 2.41. The molecule has 1 unspecified atom stereocenters. The van der Waals surface area contributed by atoms with E-state index in [2.05, 4.69) is 15.9 Å². The average Bonchev–Trinajstić information content (AvgIpc) is 2.62. The van der Waals surface area contributed by atoms with E-state index in [0.29, 0.717) is 6.42 Å². The van der Waals surface area contributed by atoms with E-state index in [9.17, 15) is 13.2 Å². The molecule has 21 heavy (non-hydrogen) atoms. The normalized spacial score (nSPS) is 13.5. The van der Waals surface area contributed by atoms with Crippen LogP contribution in [0.4, 0.5) is 13.2 Å². The highest BCUT2D eigenvalue weighted by Gasteiger charge is 2.30. The highest BCUT2D eigenvalue weighted by molar-refractivity contribution is 9.09. The zero-order valence-electron chi connectivity index (χ0n) is 12.0. The van der Waals surface area contributed by atoms with Crippen molar-refractivity contribution in [1.29, 1.82) is 0 Å². The van der Waals surface area contributed by atoms with Gasteiger partial charge in [0.05, 0.1) is 5.56 Å². The van der Waals surface area contributed by atoms with Crippen LogP contribution in [0.3, 0.4) is 0 Å². The molecule has 2 aromatic rings. The Bertz CT molecular complexity index is 626. The lowest BCUT2D eigenvalue weighted by atomic mass is 10.0. The van der Waals surface area contributed by atoms with Crippen LogP contribution in [0.2, 0.25) is 0 Å². The van der Waals surface area contributed by atoms with Gasteiger partial charge in [-0.1, -0.05) is 28.1 Å². The predicted molar refractivity (Wildman–Crippen MR) is 79.7 cm³/mol. The molecule has 0 radical (unpaired) electrons. The zero-order chi connectivity index (χ0) is 15.8. The van der Waals surface area contributed by atoms with Crippen LogP contribution in [-0.2, 0) is 12.6 Å². The van der Waals surface area contributed by atoms with E-state index in [4.69, 9.17) is 4.42 Å². The molecule has 0 N–H and O–H groups in total.